The number of Topliss-reactive ketones (excluding diaryl/α,β-unsaturated/α-hetero) is 1. The fourth-order valence-corrected chi connectivity index (χ4v) is 2.37. The van der Waals surface area contributed by atoms with Crippen molar-refractivity contribution in [3.63, 3.8) is 0 Å². The molecule has 0 radical (unpaired) electrons. The molecule has 0 atom stereocenters. The Hall–Kier alpha value is -2.34. The molecule has 0 amide bonds. The van der Waals surface area contributed by atoms with E-state index in [2.05, 4.69) is 0 Å². The van der Waals surface area contributed by atoms with E-state index in [-0.39, 0.29) is 28.1 Å². The van der Waals surface area contributed by atoms with Gasteiger partial charge in [0.05, 0.1) is 11.1 Å². The quantitative estimate of drug-likeness (QED) is 0.833. The predicted molar refractivity (Wildman–Crippen MR) is 77.9 cm³/mol. The van der Waals surface area contributed by atoms with E-state index in [4.69, 9.17) is 16.7 Å². The minimum atomic E-state index is -4.58. The average molecular weight is 343 g/mol. The molecule has 120 valence electrons. The lowest BCUT2D eigenvalue weighted by Gasteiger charge is -2.10. The number of alkyl halides is 3. The predicted octanol–water partition coefficient (Wildman–Crippen LogP) is 4.48. The molecule has 23 heavy (non-hydrogen) atoms. The van der Waals surface area contributed by atoms with Gasteiger partial charge in [-0.3, -0.25) is 4.79 Å². The van der Waals surface area contributed by atoms with E-state index in [1.807, 2.05) is 0 Å². The molecule has 0 heterocycles. The van der Waals surface area contributed by atoms with Gasteiger partial charge in [-0.05, 0) is 29.8 Å². The number of carboxylic acid groups (broad SMARTS) is 1. The Morgan fingerprint density at radius 3 is 2.22 bits per heavy atom. The topological polar surface area (TPSA) is 54.4 Å². The minimum Gasteiger partial charge on any atom is -0.478 e. The second-order valence-electron chi connectivity index (χ2n) is 4.80. The van der Waals surface area contributed by atoms with E-state index in [1.165, 1.54) is 30.3 Å². The summed E-state index contributed by atoms with van der Waals surface area (Å²) in [5.74, 6) is -1.88. The van der Waals surface area contributed by atoms with Crippen molar-refractivity contribution in [3.05, 3.63) is 69.7 Å². The van der Waals surface area contributed by atoms with Gasteiger partial charge in [-0.15, -0.1) is 0 Å². The Kier molecular flexibility index (Phi) is 4.75. The molecule has 3 nitrogen and oxygen atoms in total. The van der Waals surface area contributed by atoms with Crippen molar-refractivity contribution in [2.75, 3.05) is 0 Å². The number of carbonyl (C=O) groups excluding carboxylic acids is 1. The van der Waals surface area contributed by atoms with Crippen LogP contribution in [0.2, 0.25) is 5.02 Å². The lowest BCUT2D eigenvalue weighted by molar-refractivity contribution is -0.137. The largest absolute Gasteiger partial charge is 0.478 e. The molecule has 0 saturated heterocycles. The van der Waals surface area contributed by atoms with Crippen LogP contribution in [-0.4, -0.2) is 16.9 Å². The van der Waals surface area contributed by atoms with Crippen molar-refractivity contribution in [3.8, 4) is 0 Å². The van der Waals surface area contributed by atoms with Crippen molar-refractivity contribution in [2.24, 2.45) is 0 Å². The lowest BCUT2D eigenvalue weighted by atomic mass is 9.97. The van der Waals surface area contributed by atoms with E-state index in [9.17, 15) is 22.8 Å². The van der Waals surface area contributed by atoms with Gasteiger partial charge in [0.1, 0.15) is 0 Å². The van der Waals surface area contributed by atoms with Gasteiger partial charge >= 0.3 is 12.1 Å². The number of hydrogen-bond donors (Lipinski definition) is 1. The molecule has 7 heteroatoms. The van der Waals surface area contributed by atoms with Gasteiger partial charge in [0.2, 0.25) is 0 Å². The number of rotatable bonds is 4. The van der Waals surface area contributed by atoms with Crippen LogP contribution in [0.15, 0.2) is 42.5 Å². The summed E-state index contributed by atoms with van der Waals surface area (Å²) in [6.45, 7) is 0. The fourth-order valence-electron chi connectivity index (χ4n) is 2.11. The smallest absolute Gasteiger partial charge is 0.416 e. The molecule has 0 aliphatic heterocycles. The highest BCUT2D eigenvalue weighted by Crippen LogP contribution is 2.32. The summed E-state index contributed by atoms with van der Waals surface area (Å²) in [5, 5.41) is 8.91. The third kappa shape index (κ3) is 4.10. The van der Waals surface area contributed by atoms with Crippen LogP contribution >= 0.6 is 11.6 Å². The van der Waals surface area contributed by atoms with E-state index < -0.39 is 23.5 Å². The van der Waals surface area contributed by atoms with E-state index in [0.717, 1.165) is 12.1 Å². The molecular formula is C16H10ClF3O3. The van der Waals surface area contributed by atoms with Gasteiger partial charge in [-0.1, -0.05) is 29.8 Å². The van der Waals surface area contributed by atoms with Crippen molar-refractivity contribution < 1.29 is 27.9 Å². The van der Waals surface area contributed by atoms with E-state index >= 15 is 0 Å². The summed E-state index contributed by atoms with van der Waals surface area (Å²) in [6.07, 6.45) is -4.96. The summed E-state index contributed by atoms with van der Waals surface area (Å²) in [7, 11) is 0. The van der Waals surface area contributed by atoms with Crippen molar-refractivity contribution in [2.45, 2.75) is 12.6 Å². The maximum atomic E-state index is 12.8. The number of carbonyl (C=O) groups is 2. The molecule has 2 rings (SSSR count). The fraction of sp³-hybridized carbons (Fsp3) is 0.125. The van der Waals surface area contributed by atoms with Crippen LogP contribution in [0.4, 0.5) is 13.2 Å². The van der Waals surface area contributed by atoms with Crippen molar-refractivity contribution in [1.29, 1.82) is 0 Å². The second kappa shape index (κ2) is 6.42. The SMILES string of the molecule is O=C(O)c1ccccc1C(=O)Cc1cc(Cl)cc(C(F)(F)F)c1. The lowest BCUT2D eigenvalue weighted by Crippen LogP contribution is -2.12. The maximum Gasteiger partial charge on any atom is 0.416 e. The highest BCUT2D eigenvalue weighted by molar-refractivity contribution is 6.30. The first-order chi connectivity index (χ1) is 10.7. The van der Waals surface area contributed by atoms with Gasteiger partial charge in [-0.25, -0.2) is 4.79 Å². The Labute approximate surface area is 134 Å². The number of halogens is 4. The summed E-state index contributed by atoms with van der Waals surface area (Å²) >= 11 is 5.66. The van der Waals surface area contributed by atoms with E-state index in [0.29, 0.717) is 0 Å². The molecule has 0 bridgehead atoms. The van der Waals surface area contributed by atoms with Crippen LogP contribution in [0.3, 0.4) is 0 Å². The van der Waals surface area contributed by atoms with Crippen LogP contribution in [0, 0.1) is 0 Å². The summed E-state index contributed by atoms with van der Waals surface area (Å²) in [6, 6.07) is 8.36. The van der Waals surface area contributed by atoms with Gasteiger partial charge in [-0.2, -0.15) is 13.2 Å². The second-order valence-corrected chi connectivity index (χ2v) is 5.23. The zero-order valence-electron chi connectivity index (χ0n) is 11.5. The summed E-state index contributed by atoms with van der Waals surface area (Å²) in [5.41, 5.74) is -1.15. The van der Waals surface area contributed by atoms with Gasteiger partial charge in [0.15, 0.2) is 5.78 Å². The van der Waals surface area contributed by atoms with Gasteiger partial charge in [0, 0.05) is 17.0 Å². The first-order valence-corrected chi connectivity index (χ1v) is 6.78. The zero-order chi connectivity index (χ0) is 17.2. The Morgan fingerprint density at radius 1 is 1.04 bits per heavy atom. The van der Waals surface area contributed by atoms with Crippen molar-refractivity contribution in [1.82, 2.24) is 0 Å². The van der Waals surface area contributed by atoms with Gasteiger partial charge < -0.3 is 5.11 Å². The van der Waals surface area contributed by atoms with E-state index in [1.54, 1.807) is 0 Å². The Balaban J connectivity index is 2.35. The van der Waals surface area contributed by atoms with Crippen LogP contribution < -0.4 is 0 Å². The number of aromatic carboxylic acids is 1. The Bertz CT molecular complexity index is 769. The first-order valence-electron chi connectivity index (χ1n) is 6.40. The van der Waals surface area contributed by atoms with Crippen molar-refractivity contribution >= 4 is 23.4 Å². The highest BCUT2D eigenvalue weighted by Gasteiger charge is 2.31. The van der Waals surface area contributed by atoms with Crippen LogP contribution in [-0.2, 0) is 12.6 Å². The molecule has 2 aromatic rings. The third-order valence-corrected chi connectivity index (χ3v) is 3.33. The number of ketones is 1. The first kappa shape index (κ1) is 17.0. The molecule has 0 saturated carbocycles. The normalized spacial score (nSPS) is 11.3. The maximum absolute atomic E-state index is 12.8. The minimum absolute atomic E-state index is 0.0615. The van der Waals surface area contributed by atoms with Gasteiger partial charge in [0.25, 0.3) is 0 Å². The summed E-state index contributed by atoms with van der Waals surface area (Å²) < 4.78 is 38.3. The third-order valence-electron chi connectivity index (χ3n) is 3.11. The molecule has 0 fully saturated rings. The molecular weight excluding hydrogens is 333 g/mol. The van der Waals surface area contributed by atoms with Crippen LogP contribution in [0.1, 0.15) is 31.8 Å². The highest BCUT2D eigenvalue weighted by atomic mass is 35.5. The zero-order valence-corrected chi connectivity index (χ0v) is 12.3. The van der Waals surface area contributed by atoms with Crippen LogP contribution in [0.5, 0.6) is 0 Å². The molecule has 0 aliphatic rings. The number of carboxylic acids is 1. The molecule has 0 aromatic heterocycles. The Morgan fingerprint density at radius 2 is 1.65 bits per heavy atom. The molecule has 0 aliphatic carbocycles. The van der Waals surface area contributed by atoms with Crippen LogP contribution in [0.25, 0.3) is 0 Å². The molecule has 0 spiro atoms. The monoisotopic (exact) mass is 342 g/mol. The molecule has 2 aromatic carbocycles. The average Bonchev–Trinajstić information content (AvgIpc) is 2.45. The molecule has 0 unspecified atom stereocenters. The number of benzene rings is 2. The molecule has 1 N–H and O–H groups in total. The summed E-state index contributed by atoms with van der Waals surface area (Å²) in [4.78, 5) is 23.3. The standard InChI is InChI=1S/C16H10ClF3O3/c17-11-6-9(5-10(8-11)16(18,19)20)7-14(21)12-3-1-2-4-13(12)15(22)23/h1-6,8H,7H2,(H,22,23). The number of hydrogen-bond acceptors (Lipinski definition) is 2.